The predicted octanol–water partition coefficient (Wildman–Crippen LogP) is -0.435. The van der Waals surface area contributed by atoms with E-state index in [9.17, 15) is 13.8 Å². The molecule has 0 aromatic carbocycles. The van der Waals surface area contributed by atoms with Gasteiger partial charge in [-0.25, -0.2) is 4.79 Å². The molecule has 0 aliphatic rings. The Hall–Kier alpha value is -1.57. The summed E-state index contributed by atoms with van der Waals surface area (Å²) in [5, 5.41) is 2.83. The quantitative estimate of drug-likeness (QED) is 0.657. The Kier molecular flexibility index (Phi) is 5.34. The molecule has 0 amide bonds. The fraction of sp³-hybridized carbons (Fsp3) is 0.636. The van der Waals surface area contributed by atoms with Crippen molar-refractivity contribution >= 4 is 22.3 Å². The lowest BCUT2D eigenvalue weighted by molar-refractivity contribution is 0.508. The van der Waals surface area contributed by atoms with Crippen molar-refractivity contribution in [3.05, 3.63) is 20.8 Å². The SMILES string of the molecule is CC(C)Cn1c(N)c(NCCS(C)=O)c(=O)[nH]c1=O. The third-order valence-electron chi connectivity index (χ3n) is 2.48. The van der Waals surface area contributed by atoms with Crippen molar-refractivity contribution in [2.24, 2.45) is 5.92 Å². The van der Waals surface area contributed by atoms with E-state index in [1.807, 2.05) is 13.8 Å². The molecule has 1 unspecified atom stereocenters. The minimum absolute atomic E-state index is 0.115. The number of nitrogens with one attached hydrogen (secondary N) is 2. The van der Waals surface area contributed by atoms with Gasteiger partial charge in [0.05, 0.1) is 0 Å². The maximum Gasteiger partial charge on any atom is 0.330 e. The van der Waals surface area contributed by atoms with Crippen LogP contribution < -0.4 is 22.3 Å². The van der Waals surface area contributed by atoms with Crippen LogP contribution in [0.15, 0.2) is 9.59 Å². The molecule has 0 saturated carbocycles. The second-order valence-electron chi connectivity index (χ2n) is 4.73. The summed E-state index contributed by atoms with van der Waals surface area (Å²) in [6, 6.07) is 0. The summed E-state index contributed by atoms with van der Waals surface area (Å²) in [7, 11) is -0.955. The highest BCUT2D eigenvalue weighted by molar-refractivity contribution is 7.84. The van der Waals surface area contributed by atoms with E-state index >= 15 is 0 Å². The van der Waals surface area contributed by atoms with Crippen molar-refractivity contribution in [1.29, 1.82) is 0 Å². The molecule has 1 aromatic rings. The third kappa shape index (κ3) is 4.23. The Morgan fingerprint density at radius 1 is 1.42 bits per heavy atom. The zero-order chi connectivity index (χ0) is 14.6. The number of hydrogen-bond acceptors (Lipinski definition) is 5. The summed E-state index contributed by atoms with van der Waals surface area (Å²) in [5.41, 5.74) is 4.95. The zero-order valence-electron chi connectivity index (χ0n) is 11.4. The molecule has 7 nitrogen and oxygen atoms in total. The molecule has 0 radical (unpaired) electrons. The van der Waals surface area contributed by atoms with Gasteiger partial charge in [0.1, 0.15) is 11.5 Å². The van der Waals surface area contributed by atoms with E-state index < -0.39 is 22.0 Å². The van der Waals surface area contributed by atoms with Crippen LogP contribution in [0.2, 0.25) is 0 Å². The lowest BCUT2D eigenvalue weighted by Gasteiger charge is -2.15. The van der Waals surface area contributed by atoms with Crippen molar-refractivity contribution in [3.8, 4) is 0 Å². The summed E-state index contributed by atoms with van der Waals surface area (Å²) >= 11 is 0. The number of nitrogens with zero attached hydrogens (tertiary/aromatic N) is 1. The summed E-state index contributed by atoms with van der Waals surface area (Å²) in [5.74, 6) is 0.744. The van der Waals surface area contributed by atoms with E-state index in [-0.39, 0.29) is 17.4 Å². The average molecular weight is 288 g/mol. The van der Waals surface area contributed by atoms with Gasteiger partial charge in [-0.3, -0.25) is 18.6 Å². The van der Waals surface area contributed by atoms with Crippen LogP contribution in [0, 0.1) is 5.92 Å². The smallest absolute Gasteiger partial charge is 0.330 e. The van der Waals surface area contributed by atoms with Crippen LogP contribution in [-0.4, -0.2) is 32.3 Å². The zero-order valence-corrected chi connectivity index (χ0v) is 12.2. The molecule has 4 N–H and O–H groups in total. The van der Waals surface area contributed by atoms with E-state index in [0.29, 0.717) is 18.8 Å². The molecule has 0 saturated heterocycles. The maximum atomic E-state index is 11.7. The lowest BCUT2D eigenvalue weighted by atomic mass is 10.2. The van der Waals surface area contributed by atoms with Gasteiger partial charge in [-0.2, -0.15) is 0 Å². The number of aromatic nitrogens is 2. The van der Waals surface area contributed by atoms with Gasteiger partial charge in [-0.15, -0.1) is 0 Å². The normalized spacial score (nSPS) is 12.6. The first-order valence-corrected chi connectivity index (χ1v) is 7.72. The van der Waals surface area contributed by atoms with E-state index in [0.717, 1.165) is 0 Å². The number of nitrogens with two attached hydrogens (primary N) is 1. The van der Waals surface area contributed by atoms with Gasteiger partial charge in [0.2, 0.25) is 0 Å². The van der Waals surface area contributed by atoms with E-state index in [1.165, 1.54) is 4.57 Å². The van der Waals surface area contributed by atoms with Gasteiger partial charge in [-0.1, -0.05) is 13.8 Å². The molecule has 8 heteroatoms. The Labute approximate surface area is 113 Å². The highest BCUT2D eigenvalue weighted by Crippen LogP contribution is 2.11. The highest BCUT2D eigenvalue weighted by Gasteiger charge is 2.12. The highest BCUT2D eigenvalue weighted by atomic mass is 32.2. The fourth-order valence-corrected chi connectivity index (χ4v) is 2.01. The number of aromatic amines is 1. The summed E-state index contributed by atoms with van der Waals surface area (Å²) in [4.78, 5) is 25.6. The monoisotopic (exact) mass is 288 g/mol. The molecule has 1 atom stereocenters. The van der Waals surface area contributed by atoms with Crippen LogP contribution in [0.1, 0.15) is 13.8 Å². The number of anilines is 2. The second-order valence-corrected chi connectivity index (χ2v) is 6.28. The molecule has 0 aliphatic heterocycles. The molecule has 0 bridgehead atoms. The molecule has 1 rings (SSSR count). The molecule has 19 heavy (non-hydrogen) atoms. The van der Waals surface area contributed by atoms with Gasteiger partial charge < -0.3 is 11.1 Å². The largest absolute Gasteiger partial charge is 0.383 e. The predicted molar refractivity (Wildman–Crippen MR) is 78.0 cm³/mol. The number of nitrogen functional groups attached to an aromatic ring is 1. The van der Waals surface area contributed by atoms with Crippen molar-refractivity contribution in [2.75, 3.05) is 29.6 Å². The standard InChI is InChI=1S/C11H20N4O3S/c1-7(2)6-15-9(12)8(10(16)14-11(15)17)13-4-5-19(3)18/h7,13H,4-6,12H2,1-3H3,(H,14,16,17). The van der Waals surface area contributed by atoms with Crippen LogP contribution in [0.4, 0.5) is 11.5 Å². The first kappa shape index (κ1) is 15.5. The van der Waals surface area contributed by atoms with Crippen LogP contribution in [0.5, 0.6) is 0 Å². The molecule has 0 spiro atoms. The van der Waals surface area contributed by atoms with Crippen molar-refractivity contribution in [1.82, 2.24) is 9.55 Å². The maximum absolute atomic E-state index is 11.7. The minimum atomic E-state index is -0.955. The second kappa shape index (κ2) is 6.55. The molecule has 1 aromatic heterocycles. The third-order valence-corrected chi connectivity index (χ3v) is 3.26. The Morgan fingerprint density at radius 2 is 2.05 bits per heavy atom. The van der Waals surface area contributed by atoms with E-state index in [2.05, 4.69) is 10.3 Å². The number of hydrogen-bond donors (Lipinski definition) is 3. The van der Waals surface area contributed by atoms with Crippen molar-refractivity contribution in [3.63, 3.8) is 0 Å². The van der Waals surface area contributed by atoms with Crippen molar-refractivity contribution in [2.45, 2.75) is 20.4 Å². The summed E-state index contributed by atoms with van der Waals surface area (Å²) in [6.07, 6.45) is 1.58. The van der Waals surface area contributed by atoms with Crippen LogP contribution in [0.25, 0.3) is 0 Å². The minimum Gasteiger partial charge on any atom is -0.383 e. The topological polar surface area (TPSA) is 110 Å². The van der Waals surface area contributed by atoms with Gasteiger partial charge in [0, 0.05) is 35.9 Å². The number of H-pyrrole nitrogens is 1. The Morgan fingerprint density at radius 3 is 2.58 bits per heavy atom. The molecular formula is C11H20N4O3S. The number of rotatable bonds is 6. The average Bonchev–Trinajstić information content (AvgIpc) is 2.28. The van der Waals surface area contributed by atoms with E-state index in [4.69, 9.17) is 5.73 Å². The molecular weight excluding hydrogens is 268 g/mol. The fourth-order valence-electron chi connectivity index (χ4n) is 1.62. The summed E-state index contributed by atoms with van der Waals surface area (Å²) < 4.78 is 12.3. The Balaban J connectivity index is 3.07. The van der Waals surface area contributed by atoms with Crippen LogP contribution >= 0.6 is 0 Å². The van der Waals surface area contributed by atoms with Crippen molar-refractivity contribution < 1.29 is 4.21 Å². The molecule has 0 fully saturated rings. The van der Waals surface area contributed by atoms with Gasteiger partial charge in [0.25, 0.3) is 5.56 Å². The first-order valence-electron chi connectivity index (χ1n) is 5.99. The lowest BCUT2D eigenvalue weighted by Crippen LogP contribution is -2.35. The molecule has 108 valence electrons. The molecule has 0 aliphatic carbocycles. The van der Waals surface area contributed by atoms with E-state index in [1.54, 1.807) is 6.26 Å². The van der Waals surface area contributed by atoms with Crippen LogP contribution in [0.3, 0.4) is 0 Å². The molecule has 1 heterocycles. The van der Waals surface area contributed by atoms with Gasteiger partial charge in [-0.05, 0) is 5.92 Å². The Bertz CT molecular complexity index is 576. The summed E-state index contributed by atoms with van der Waals surface area (Å²) in [6.45, 7) is 4.68. The first-order chi connectivity index (χ1) is 8.82. The van der Waals surface area contributed by atoms with Gasteiger partial charge >= 0.3 is 5.69 Å². The van der Waals surface area contributed by atoms with Crippen LogP contribution in [-0.2, 0) is 17.3 Å². The van der Waals surface area contributed by atoms with Gasteiger partial charge in [0.15, 0.2) is 0 Å².